The van der Waals surface area contributed by atoms with Gasteiger partial charge in [0.25, 0.3) is 5.91 Å². The number of alkyl halides is 2. The second-order valence-corrected chi connectivity index (χ2v) is 7.95. The molecule has 0 radical (unpaired) electrons. The number of carbonyl (C=O) groups excluding carboxylic acids is 3. The summed E-state index contributed by atoms with van der Waals surface area (Å²) in [5.74, 6) is -3.82. The number of carbonyl (C=O) groups is 3. The Morgan fingerprint density at radius 3 is 2.40 bits per heavy atom. The van der Waals surface area contributed by atoms with Crippen LogP contribution in [0.4, 0.5) is 13.6 Å². The zero-order valence-corrected chi connectivity index (χ0v) is 16.5. The molecule has 1 aromatic heterocycles. The lowest BCUT2D eigenvalue weighted by atomic mass is 9.80. The fourth-order valence-corrected chi connectivity index (χ4v) is 4.07. The Morgan fingerprint density at radius 2 is 1.77 bits per heavy atom. The van der Waals surface area contributed by atoms with Gasteiger partial charge in [0.15, 0.2) is 5.78 Å². The van der Waals surface area contributed by atoms with E-state index in [-0.39, 0.29) is 12.8 Å². The van der Waals surface area contributed by atoms with Crippen LogP contribution in [0.25, 0.3) is 11.1 Å². The smallest absolute Gasteiger partial charge is 0.323 e. The first-order chi connectivity index (χ1) is 14.2. The molecular weight excluding hydrogens is 392 g/mol. The van der Waals surface area contributed by atoms with Crippen molar-refractivity contribution in [3.8, 4) is 11.1 Å². The number of nitrogens with zero attached hydrogens (tertiary/aromatic N) is 2. The number of amides is 3. The van der Waals surface area contributed by atoms with Gasteiger partial charge in [-0.25, -0.2) is 13.6 Å². The molecule has 0 atom stereocenters. The summed E-state index contributed by atoms with van der Waals surface area (Å²) < 4.78 is 27.0. The first-order valence-electron chi connectivity index (χ1n) is 9.77. The Morgan fingerprint density at radius 1 is 1.10 bits per heavy atom. The fraction of sp³-hybridized carbons (Fsp3) is 0.364. The van der Waals surface area contributed by atoms with Crippen LogP contribution in [-0.4, -0.2) is 45.6 Å². The minimum absolute atomic E-state index is 0.130. The largest absolute Gasteiger partial charge is 0.325 e. The van der Waals surface area contributed by atoms with E-state index < -0.39 is 48.6 Å². The van der Waals surface area contributed by atoms with Crippen molar-refractivity contribution in [2.24, 2.45) is 0 Å². The molecule has 0 bridgehead atoms. The van der Waals surface area contributed by atoms with E-state index in [1.807, 2.05) is 13.0 Å². The number of nitrogens with one attached hydrogen (secondary N) is 1. The highest BCUT2D eigenvalue weighted by Gasteiger charge is 2.55. The van der Waals surface area contributed by atoms with Gasteiger partial charge in [0.1, 0.15) is 5.54 Å². The van der Waals surface area contributed by atoms with Crippen LogP contribution in [0.1, 0.15) is 41.6 Å². The third-order valence-corrected chi connectivity index (χ3v) is 5.92. The number of aryl methyl sites for hydroxylation is 1. The monoisotopic (exact) mass is 413 g/mol. The van der Waals surface area contributed by atoms with Crippen molar-refractivity contribution in [3.63, 3.8) is 0 Å². The summed E-state index contributed by atoms with van der Waals surface area (Å²) in [5.41, 5.74) is 1.96. The predicted molar refractivity (Wildman–Crippen MR) is 105 cm³/mol. The molecule has 1 saturated heterocycles. The normalized spacial score (nSPS) is 19.8. The summed E-state index contributed by atoms with van der Waals surface area (Å²) in [6.45, 7) is 1.52. The number of aromatic nitrogens is 1. The first kappa shape index (κ1) is 20.1. The number of ketones is 1. The molecule has 2 aliphatic rings. The van der Waals surface area contributed by atoms with Crippen LogP contribution in [-0.2, 0) is 4.79 Å². The van der Waals surface area contributed by atoms with E-state index in [1.54, 1.807) is 36.7 Å². The van der Waals surface area contributed by atoms with Crippen LogP contribution in [0.15, 0.2) is 42.7 Å². The predicted octanol–water partition coefficient (Wildman–Crippen LogP) is 3.74. The number of Topliss-reactive ketones (excluding diaryl/α,β-unsaturated/α-hetero) is 1. The van der Waals surface area contributed by atoms with E-state index in [0.29, 0.717) is 5.56 Å². The van der Waals surface area contributed by atoms with Gasteiger partial charge in [-0.15, -0.1) is 0 Å². The third-order valence-electron chi connectivity index (χ3n) is 5.92. The van der Waals surface area contributed by atoms with E-state index in [1.165, 1.54) is 0 Å². The highest BCUT2D eigenvalue weighted by molar-refractivity contribution is 6.11. The Balaban J connectivity index is 1.47. The lowest BCUT2D eigenvalue weighted by Crippen LogP contribution is -2.51. The van der Waals surface area contributed by atoms with Crippen molar-refractivity contribution in [1.29, 1.82) is 0 Å². The van der Waals surface area contributed by atoms with Crippen LogP contribution in [0.3, 0.4) is 0 Å². The van der Waals surface area contributed by atoms with E-state index in [2.05, 4.69) is 10.3 Å². The first-order valence-corrected chi connectivity index (χ1v) is 9.77. The van der Waals surface area contributed by atoms with Gasteiger partial charge in [-0.05, 0) is 42.5 Å². The van der Waals surface area contributed by atoms with Crippen molar-refractivity contribution in [1.82, 2.24) is 15.2 Å². The molecule has 156 valence electrons. The molecule has 1 spiro atoms. The van der Waals surface area contributed by atoms with Crippen LogP contribution in [0, 0.1) is 6.92 Å². The highest BCUT2D eigenvalue weighted by Crippen LogP contribution is 2.41. The number of halogens is 2. The lowest BCUT2D eigenvalue weighted by Gasteiger charge is -2.34. The average Bonchev–Trinajstić information content (AvgIpc) is 2.95. The van der Waals surface area contributed by atoms with E-state index in [9.17, 15) is 23.2 Å². The van der Waals surface area contributed by atoms with Gasteiger partial charge in [-0.1, -0.05) is 24.3 Å². The van der Waals surface area contributed by atoms with Gasteiger partial charge in [0.2, 0.25) is 5.92 Å². The Labute approximate surface area is 172 Å². The van der Waals surface area contributed by atoms with Crippen molar-refractivity contribution < 1.29 is 23.2 Å². The van der Waals surface area contributed by atoms with Gasteiger partial charge in [0.05, 0.1) is 6.54 Å². The zero-order valence-electron chi connectivity index (χ0n) is 16.5. The molecule has 4 rings (SSSR count). The van der Waals surface area contributed by atoms with Gasteiger partial charge in [-0.3, -0.25) is 19.5 Å². The number of hydrogen-bond acceptors (Lipinski definition) is 4. The summed E-state index contributed by atoms with van der Waals surface area (Å²) in [6.07, 6.45) is 2.26. The molecule has 2 fully saturated rings. The van der Waals surface area contributed by atoms with Crippen molar-refractivity contribution in [2.45, 2.75) is 44.1 Å². The average molecular weight is 413 g/mol. The summed E-state index contributed by atoms with van der Waals surface area (Å²) in [5, 5.41) is 2.55. The maximum Gasteiger partial charge on any atom is 0.325 e. The van der Waals surface area contributed by atoms with Crippen molar-refractivity contribution in [2.75, 3.05) is 6.54 Å². The van der Waals surface area contributed by atoms with Gasteiger partial charge >= 0.3 is 6.03 Å². The topological polar surface area (TPSA) is 79.4 Å². The SMILES string of the molecule is Cc1cnccc1-c1ccc(C(=O)CN2C(=O)NC3(CCC(F)(F)CC3)C2=O)cc1. The standard InChI is InChI=1S/C22H21F2N3O3/c1-14-12-25-11-6-17(14)15-2-4-16(5-3-15)18(28)13-27-19(29)21(26-20(27)30)7-9-22(23,24)10-8-21/h2-6,11-12H,7-10,13H2,1H3,(H,26,30). The van der Waals surface area contributed by atoms with Crippen molar-refractivity contribution >= 4 is 17.7 Å². The van der Waals surface area contributed by atoms with Crippen molar-refractivity contribution in [3.05, 3.63) is 53.9 Å². The molecule has 30 heavy (non-hydrogen) atoms. The fourth-order valence-electron chi connectivity index (χ4n) is 4.07. The summed E-state index contributed by atoms with van der Waals surface area (Å²) in [7, 11) is 0. The molecular formula is C22H21F2N3O3. The minimum Gasteiger partial charge on any atom is -0.323 e. The maximum atomic E-state index is 13.5. The number of pyridine rings is 1. The van der Waals surface area contributed by atoms with Gasteiger partial charge < -0.3 is 5.32 Å². The molecule has 1 aliphatic carbocycles. The summed E-state index contributed by atoms with van der Waals surface area (Å²) in [6, 6.07) is 8.06. The molecule has 2 heterocycles. The summed E-state index contributed by atoms with van der Waals surface area (Å²) in [4.78, 5) is 42.7. The molecule has 8 heteroatoms. The quantitative estimate of drug-likeness (QED) is 0.612. The Bertz CT molecular complexity index is 1010. The number of hydrogen-bond donors (Lipinski definition) is 1. The van der Waals surface area contributed by atoms with Crippen LogP contribution in [0.2, 0.25) is 0 Å². The van der Waals surface area contributed by atoms with E-state index in [4.69, 9.17) is 0 Å². The van der Waals surface area contributed by atoms with Gasteiger partial charge in [0, 0.05) is 30.8 Å². The molecule has 2 aromatic rings. The number of benzene rings is 1. The number of imide groups is 1. The van der Waals surface area contributed by atoms with Crippen LogP contribution >= 0.6 is 0 Å². The van der Waals surface area contributed by atoms with Crippen LogP contribution < -0.4 is 5.32 Å². The zero-order chi connectivity index (χ0) is 21.5. The second kappa shape index (κ2) is 7.27. The molecule has 1 aromatic carbocycles. The molecule has 1 N–H and O–H groups in total. The Kier molecular flexibility index (Phi) is 4.88. The lowest BCUT2D eigenvalue weighted by molar-refractivity contribution is -0.135. The molecule has 3 amide bonds. The van der Waals surface area contributed by atoms with Crippen LogP contribution in [0.5, 0.6) is 0 Å². The number of rotatable bonds is 4. The van der Waals surface area contributed by atoms with E-state index in [0.717, 1.165) is 21.6 Å². The number of urea groups is 1. The second-order valence-electron chi connectivity index (χ2n) is 7.95. The highest BCUT2D eigenvalue weighted by atomic mass is 19.3. The molecule has 0 unspecified atom stereocenters. The van der Waals surface area contributed by atoms with Gasteiger partial charge in [-0.2, -0.15) is 0 Å². The molecule has 6 nitrogen and oxygen atoms in total. The molecule has 1 saturated carbocycles. The van der Waals surface area contributed by atoms with E-state index >= 15 is 0 Å². The maximum absolute atomic E-state index is 13.5. The molecule has 1 aliphatic heterocycles. The third kappa shape index (κ3) is 3.58. The minimum atomic E-state index is -2.82. The Hall–Kier alpha value is -3.16. The summed E-state index contributed by atoms with van der Waals surface area (Å²) >= 11 is 0.